The van der Waals surface area contributed by atoms with E-state index in [4.69, 9.17) is 5.73 Å². The summed E-state index contributed by atoms with van der Waals surface area (Å²) < 4.78 is 0. The van der Waals surface area contributed by atoms with Crippen LogP contribution in [0.2, 0.25) is 0 Å². The number of carbonyl (C=O) groups is 1. The summed E-state index contributed by atoms with van der Waals surface area (Å²) in [5.74, 6) is 0.250. The van der Waals surface area contributed by atoms with Gasteiger partial charge in [0.05, 0.1) is 0 Å². The fourth-order valence-corrected chi connectivity index (χ4v) is 2.80. The molecule has 2 N–H and O–H groups in total. The van der Waals surface area contributed by atoms with E-state index in [1.807, 2.05) is 25.8 Å². The zero-order chi connectivity index (χ0) is 15.3. The second kappa shape index (κ2) is 7.28. The van der Waals surface area contributed by atoms with Crippen molar-refractivity contribution in [3.05, 3.63) is 17.0 Å². The topological polar surface area (TPSA) is 62.5 Å². The molecule has 1 aromatic rings. The van der Waals surface area contributed by atoms with Gasteiger partial charge in [-0.05, 0) is 20.3 Å². The molecule has 0 fully saturated rings. The highest BCUT2D eigenvalue weighted by molar-refractivity contribution is 7.18. The molecule has 0 saturated heterocycles. The van der Waals surface area contributed by atoms with Crippen molar-refractivity contribution in [3.8, 4) is 0 Å². The molecule has 0 atom stereocenters. The van der Waals surface area contributed by atoms with Gasteiger partial charge in [0, 0.05) is 26.7 Å². The van der Waals surface area contributed by atoms with Gasteiger partial charge in [-0.2, -0.15) is 0 Å². The van der Waals surface area contributed by atoms with Crippen molar-refractivity contribution in [1.82, 2.24) is 9.88 Å². The molecule has 112 valence electrons. The molecule has 0 aromatic carbocycles. The van der Waals surface area contributed by atoms with Crippen LogP contribution in [0.25, 0.3) is 0 Å². The van der Waals surface area contributed by atoms with E-state index in [0.717, 1.165) is 23.7 Å². The first-order valence-corrected chi connectivity index (χ1v) is 7.63. The smallest absolute Gasteiger partial charge is 0.268 e. The molecular formula is C14H24N4OS. The van der Waals surface area contributed by atoms with E-state index in [2.05, 4.69) is 18.5 Å². The highest BCUT2D eigenvalue weighted by Gasteiger charge is 2.22. The Bertz CT molecular complexity index is 484. The fraction of sp³-hybridized carbons (Fsp3) is 0.571. The van der Waals surface area contributed by atoms with Crippen LogP contribution in [0.1, 0.15) is 36.9 Å². The van der Waals surface area contributed by atoms with Crippen molar-refractivity contribution >= 4 is 28.2 Å². The van der Waals surface area contributed by atoms with Crippen molar-refractivity contribution < 1.29 is 4.79 Å². The van der Waals surface area contributed by atoms with Gasteiger partial charge in [0.15, 0.2) is 5.13 Å². The summed E-state index contributed by atoms with van der Waals surface area (Å²) in [6, 6.07) is 0. The minimum Gasteiger partial charge on any atom is -0.382 e. The average molecular weight is 296 g/mol. The van der Waals surface area contributed by atoms with Crippen LogP contribution in [0, 0.1) is 0 Å². The predicted octanol–water partition coefficient (Wildman–Crippen LogP) is 2.61. The number of nitrogens with zero attached hydrogens (tertiary/aromatic N) is 3. The third-order valence-electron chi connectivity index (χ3n) is 2.85. The fourth-order valence-electron chi connectivity index (χ4n) is 1.86. The zero-order valence-corrected chi connectivity index (χ0v) is 13.6. The summed E-state index contributed by atoms with van der Waals surface area (Å²) in [5, 5.41) is 0.791. The third-order valence-corrected chi connectivity index (χ3v) is 4.03. The zero-order valence-electron chi connectivity index (χ0n) is 12.8. The molecule has 0 aliphatic carbocycles. The van der Waals surface area contributed by atoms with Crippen LogP contribution in [0.5, 0.6) is 0 Å². The number of hydrogen-bond acceptors (Lipinski definition) is 5. The lowest BCUT2D eigenvalue weighted by atomic mass is 10.3. The van der Waals surface area contributed by atoms with E-state index >= 15 is 0 Å². The molecule has 0 saturated carbocycles. The van der Waals surface area contributed by atoms with Gasteiger partial charge >= 0.3 is 0 Å². The lowest BCUT2D eigenvalue weighted by molar-refractivity contribution is 0.0784. The summed E-state index contributed by atoms with van der Waals surface area (Å²) in [5.41, 5.74) is 6.85. The predicted molar refractivity (Wildman–Crippen MR) is 86.5 cm³/mol. The van der Waals surface area contributed by atoms with E-state index in [0.29, 0.717) is 23.8 Å². The van der Waals surface area contributed by atoms with Crippen LogP contribution in [0.4, 0.5) is 10.9 Å². The Hall–Kier alpha value is -1.56. The van der Waals surface area contributed by atoms with E-state index in [1.165, 1.54) is 11.3 Å². The summed E-state index contributed by atoms with van der Waals surface area (Å²) in [4.78, 5) is 21.1. The second-order valence-electron chi connectivity index (χ2n) is 4.91. The lowest BCUT2D eigenvalue weighted by Crippen LogP contribution is -2.32. The number of rotatable bonds is 7. The molecule has 1 aromatic heterocycles. The van der Waals surface area contributed by atoms with Gasteiger partial charge in [0.2, 0.25) is 0 Å². The van der Waals surface area contributed by atoms with Crippen molar-refractivity contribution in [2.45, 2.75) is 27.2 Å². The van der Waals surface area contributed by atoms with Gasteiger partial charge < -0.3 is 15.5 Å². The van der Waals surface area contributed by atoms with Crippen molar-refractivity contribution in [2.24, 2.45) is 0 Å². The van der Waals surface area contributed by atoms with Crippen molar-refractivity contribution in [2.75, 3.05) is 37.3 Å². The number of hydrogen-bond donors (Lipinski definition) is 1. The average Bonchev–Trinajstić information content (AvgIpc) is 2.77. The molecule has 1 heterocycles. The largest absolute Gasteiger partial charge is 0.382 e. The second-order valence-corrected chi connectivity index (χ2v) is 5.89. The molecule has 0 radical (unpaired) electrons. The molecular weight excluding hydrogens is 272 g/mol. The number of anilines is 2. The van der Waals surface area contributed by atoms with Crippen molar-refractivity contribution in [3.63, 3.8) is 0 Å². The Balaban J connectivity index is 2.95. The molecule has 0 aliphatic rings. The molecule has 0 spiro atoms. The molecule has 0 bridgehead atoms. The monoisotopic (exact) mass is 296 g/mol. The number of thiazole rings is 1. The molecule has 5 nitrogen and oxygen atoms in total. The van der Waals surface area contributed by atoms with Crippen molar-refractivity contribution in [1.29, 1.82) is 0 Å². The molecule has 20 heavy (non-hydrogen) atoms. The highest BCUT2D eigenvalue weighted by atomic mass is 32.1. The van der Waals surface area contributed by atoms with Gasteiger partial charge in [-0.1, -0.05) is 30.4 Å². The van der Waals surface area contributed by atoms with Crippen LogP contribution >= 0.6 is 11.3 Å². The number of aromatic nitrogens is 1. The molecule has 1 amide bonds. The van der Waals surface area contributed by atoms with E-state index in [1.54, 1.807) is 4.90 Å². The first-order chi connectivity index (χ1) is 9.40. The molecule has 0 aliphatic heterocycles. The van der Waals surface area contributed by atoms with Gasteiger partial charge in [0.1, 0.15) is 10.7 Å². The third kappa shape index (κ3) is 3.96. The summed E-state index contributed by atoms with van der Waals surface area (Å²) >= 11 is 1.36. The Labute approximate surface area is 125 Å². The summed E-state index contributed by atoms with van der Waals surface area (Å²) in [7, 11) is 1.96. The minimum atomic E-state index is -0.0679. The van der Waals surface area contributed by atoms with Crippen LogP contribution in [-0.4, -0.2) is 42.5 Å². The van der Waals surface area contributed by atoms with Crippen LogP contribution in [0.3, 0.4) is 0 Å². The number of likely N-dealkylation sites (N-methyl/N-ethyl adjacent to an activating group) is 1. The highest BCUT2D eigenvalue weighted by Crippen LogP contribution is 2.28. The number of carbonyl (C=O) groups excluding carboxylic acids is 1. The maximum Gasteiger partial charge on any atom is 0.268 e. The first kappa shape index (κ1) is 16.5. The number of amides is 1. The normalized spacial score (nSPS) is 10.4. The van der Waals surface area contributed by atoms with Gasteiger partial charge in [-0.3, -0.25) is 4.79 Å². The van der Waals surface area contributed by atoms with Crippen LogP contribution < -0.4 is 10.6 Å². The Kier molecular flexibility index (Phi) is 6.01. The summed E-state index contributed by atoms with van der Waals surface area (Å²) in [6.07, 6.45) is 1.02. The number of nitrogen functional groups attached to an aromatic ring is 1. The molecule has 0 unspecified atom stereocenters. The SMILES string of the molecule is C=C(C)CN(CC)C(=O)c1sc(N(C)CCC)nc1N. The lowest BCUT2D eigenvalue weighted by Gasteiger charge is -2.20. The van der Waals surface area contributed by atoms with Gasteiger partial charge in [-0.25, -0.2) is 4.98 Å². The Morgan fingerprint density at radius 1 is 1.45 bits per heavy atom. The molecule has 6 heteroatoms. The van der Waals surface area contributed by atoms with Crippen LogP contribution in [-0.2, 0) is 0 Å². The van der Waals surface area contributed by atoms with Gasteiger partial charge in [-0.15, -0.1) is 0 Å². The first-order valence-electron chi connectivity index (χ1n) is 6.81. The quantitative estimate of drug-likeness (QED) is 0.786. The maximum atomic E-state index is 12.5. The Morgan fingerprint density at radius 2 is 2.10 bits per heavy atom. The van der Waals surface area contributed by atoms with E-state index in [9.17, 15) is 4.79 Å². The summed E-state index contributed by atoms with van der Waals surface area (Å²) in [6.45, 7) is 11.9. The van der Waals surface area contributed by atoms with Gasteiger partial charge in [0.25, 0.3) is 5.91 Å². The van der Waals surface area contributed by atoms with Crippen LogP contribution in [0.15, 0.2) is 12.2 Å². The standard InChI is InChI=1S/C14H24N4OS/c1-6-8-17(5)14-16-12(15)11(20-14)13(19)18(7-2)9-10(3)4/h3,6-9,15H2,1-2,4-5H3. The Morgan fingerprint density at radius 3 is 2.60 bits per heavy atom. The van der Waals surface area contributed by atoms with E-state index < -0.39 is 0 Å². The maximum absolute atomic E-state index is 12.5. The van der Waals surface area contributed by atoms with E-state index in [-0.39, 0.29) is 5.91 Å². The molecule has 1 rings (SSSR count). The minimum absolute atomic E-state index is 0.0679. The number of nitrogens with two attached hydrogens (primary N) is 1.